The number of carbonyl (C=O) groups excluding carboxylic acids is 1. The zero-order chi connectivity index (χ0) is 17.0. The van der Waals surface area contributed by atoms with Gasteiger partial charge in [-0.15, -0.1) is 0 Å². The highest BCUT2D eigenvalue weighted by Gasteiger charge is 2.28. The molecule has 0 aliphatic heterocycles. The van der Waals surface area contributed by atoms with E-state index in [1.807, 2.05) is 0 Å². The van der Waals surface area contributed by atoms with Gasteiger partial charge in [0.15, 0.2) is 0 Å². The lowest BCUT2D eigenvalue weighted by atomic mass is 9.87. The minimum atomic E-state index is -3.65. The molecule has 2 rings (SSSR count). The van der Waals surface area contributed by atoms with Crippen LogP contribution in [0.3, 0.4) is 0 Å². The highest BCUT2D eigenvalue weighted by molar-refractivity contribution is 7.89. The molecular formula is C15H20N2O5S. The van der Waals surface area contributed by atoms with Crippen LogP contribution >= 0.6 is 0 Å². The standard InChI is InChI=1S/C15H20N2O5S/c1-10(18)16-12-6-8-14(9-7-12)23(21,22)17-13-4-2-11(3-5-13)15(19)20/h6-9,11,13,17H,2-5H2,1H3,(H,16,18)(H,19,20). The first-order valence-corrected chi connectivity index (χ1v) is 8.89. The van der Waals surface area contributed by atoms with E-state index in [1.165, 1.54) is 31.2 Å². The molecule has 1 aliphatic carbocycles. The first-order valence-electron chi connectivity index (χ1n) is 7.41. The van der Waals surface area contributed by atoms with Crippen LogP contribution in [0.25, 0.3) is 0 Å². The van der Waals surface area contributed by atoms with E-state index in [0.717, 1.165) is 0 Å². The maximum absolute atomic E-state index is 12.3. The summed E-state index contributed by atoms with van der Waals surface area (Å²) in [5.41, 5.74) is 0.526. The van der Waals surface area contributed by atoms with Crippen molar-refractivity contribution in [3.8, 4) is 0 Å². The summed E-state index contributed by atoms with van der Waals surface area (Å²) in [5, 5.41) is 11.5. The lowest BCUT2D eigenvalue weighted by molar-refractivity contribution is -0.142. The molecule has 0 radical (unpaired) electrons. The van der Waals surface area contributed by atoms with Crippen molar-refractivity contribution in [1.29, 1.82) is 0 Å². The molecule has 0 spiro atoms. The van der Waals surface area contributed by atoms with Crippen LogP contribution in [-0.2, 0) is 19.6 Å². The average Bonchev–Trinajstić information content (AvgIpc) is 2.47. The number of rotatable bonds is 5. The average molecular weight is 340 g/mol. The van der Waals surface area contributed by atoms with Crippen molar-refractivity contribution in [3.63, 3.8) is 0 Å². The summed E-state index contributed by atoms with van der Waals surface area (Å²) in [6, 6.07) is 5.66. The Labute approximate surface area is 135 Å². The molecule has 0 unspecified atom stereocenters. The third-order valence-corrected chi connectivity index (χ3v) is 5.42. The molecule has 0 atom stereocenters. The second kappa shape index (κ2) is 7.10. The number of carboxylic acid groups (broad SMARTS) is 1. The topological polar surface area (TPSA) is 113 Å². The Kier molecular flexibility index (Phi) is 5.38. The third kappa shape index (κ3) is 4.77. The molecule has 8 heteroatoms. The SMILES string of the molecule is CC(=O)Nc1ccc(S(=O)(=O)NC2CCC(C(=O)O)CC2)cc1. The normalized spacial score (nSPS) is 21.6. The van der Waals surface area contributed by atoms with Gasteiger partial charge in [-0.05, 0) is 49.9 Å². The van der Waals surface area contributed by atoms with Gasteiger partial charge in [0.1, 0.15) is 0 Å². The van der Waals surface area contributed by atoms with Gasteiger partial charge >= 0.3 is 5.97 Å². The Morgan fingerprint density at radius 2 is 1.65 bits per heavy atom. The zero-order valence-corrected chi connectivity index (χ0v) is 13.6. The van der Waals surface area contributed by atoms with Crippen LogP contribution in [0.1, 0.15) is 32.6 Å². The van der Waals surface area contributed by atoms with E-state index in [9.17, 15) is 18.0 Å². The number of sulfonamides is 1. The van der Waals surface area contributed by atoms with Gasteiger partial charge in [0, 0.05) is 18.7 Å². The summed E-state index contributed by atoms with van der Waals surface area (Å²) in [6.45, 7) is 1.37. The Morgan fingerprint density at radius 3 is 2.13 bits per heavy atom. The Hall–Kier alpha value is -1.93. The Balaban J connectivity index is 1.99. The van der Waals surface area contributed by atoms with E-state index in [4.69, 9.17) is 5.11 Å². The number of hydrogen-bond donors (Lipinski definition) is 3. The van der Waals surface area contributed by atoms with Crippen molar-refractivity contribution in [2.24, 2.45) is 5.92 Å². The van der Waals surface area contributed by atoms with Crippen molar-refractivity contribution < 1.29 is 23.1 Å². The molecule has 126 valence electrons. The van der Waals surface area contributed by atoms with Crippen molar-refractivity contribution >= 4 is 27.6 Å². The van der Waals surface area contributed by atoms with Crippen LogP contribution in [0.4, 0.5) is 5.69 Å². The van der Waals surface area contributed by atoms with E-state index in [2.05, 4.69) is 10.0 Å². The molecule has 0 bridgehead atoms. The van der Waals surface area contributed by atoms with Gasteiger partial charge in [-0.2, -0.15) is 0 Å². The van der Waals surface area contributed by atoms with E-state index in [0.29, 0.717) is 31.4 Å². The van der Waals surface area contributed by atoms with Crippen LogP contribution in [-0.4, -0.2) is 31.4 Å². The predicted molar refractivity (Wildman–Crippen MR) is 84.4 cm³/mol. The van der Waals surface area contributed by atoms with Gasteiger partial charge in [0.05, 0.1) is 10.8 Å². The quantitative estimate of drug-likeness (QED) is 0.753. The van der Waals surface area contributed by atoms with Gasteiger partial charge in [-0.1, -0.05) is 0 Å². The van der Waals surface area contributed by atoms with E-state index in [1.54, 1.807) is 0 Å². The largest absolute Gasteiger partial charge is 0.481 e. The van der Waals surface area contributed by atoms with Crippen molar-refractivity contribution in [3.05, 3.63) is 24.3 Å². The van der Waals surface area contributed by atoms with Crippen LogP contribution in [0, 0.1) is 5.92 Å². The molecule has 1 amide bonds. The molecule has 1 aromatic carbocycles. The molecular weight excluding hydrogens is 320 g/mol. The summed E-state index contributed by atoms with van der Waals surface area (Å²) in [4.78, 5) is 22.0. The molecule has 23 heavy (non-hydrogen) atoms. The predicted octanol–water partition coefficient (Wildman–Crippen LogP) is 1.57. The second-order valence-corrected chi connectivity index (χ2v) is 7.43. The number of nitrogens with one attached hydrogen (secondary N) is 2. The van der Waals surface area contributed by atoms with Crippen LogP contribution in [0.2, 0.25) is 0 Å². The van der Waals surface area contributed by atoms with Crippen molar-refractivity contribution in [2.75, 3.05) is 5.32 Å². The van der Waals surface area contributed by atoms with Crippen LogP contribution in [0.15, 0.2) is 29.2 Å². The first-order chi connectivity index (χ1) is 10.8. The number of carbonyl (C=O) groups is 2. The van der Waals surface area contributed by atoms with Crippen molar-refractivity contribution in [1.82, 2.24) is 4.72 Å². The smallest absolute Gasteiger partial charge is 0.306 e. The fourth-order valence-corrected chi connectivity index (χ4v) is 3.97. The van der Waals surface area contributed by atoms with Gasteiger partial charge < -0.3 is 10.4 Å². The molecule has 1 aliphatic rings. The molecule has 7 nitrogen and oxygen atoms in total. The molecule has 0 saturated heterocycles. The summed E-state index contributed by atoms with van der Waals surface area (Å²) < 4.78 is 27.3. The zero-order valence-electron chi connectivity index (χ0n) is 12.8. The van der Waals surface area contributed by atoms with Crippen LogP contribution in [0.5, 0.6) is 0 Å². The minimum Gasteiger partial charge on any atom is -0.481 e. The maximum atomic E-state index is 12.3. The van der Waals surface area contributed by atoms with Crippen LogP contribution < -0.4 is 10.0 Å². The molecule has 1 aromatic rings. The van der Waals surface area contributed by atoms with E-state index in [-0.39, 0.29) is 22.8 Å². The van der Waals surface area contributed by atoms with E-state index >= 15 is 0 Å². The molecule has 3 N–H and O–H groups in total. The highest BCUT2D eigenvalue weighted by atomic mass is 32.2. The van der Waals surface area contributed by atoms with E-state index < -0.39 is 16.0 Å². The fraction of sp³-hybridized carbons (Fsp3) is 0.467. The molecule has 1 fully saturated rings. The number of anilines is 1. The Morgan fingerprint density at radius 1 is 1.09 bits per heavy atom. The Bertz CT molecular complexity index is 676. The van der Waals surface area contributed by atoms with Gasteiger partial charge in [0.25, 0.3) is 0 Å². The molecule has 0 heterocycles. The lowest BCUT2D eigenvalue weighted by Gasteiger charge is -2.26. The summed E-state index contributed by atoms with van der Waals surface area (Å²) >= 11 is 0. The second-order valence-electron chi connectivity index (χ2n) is 5.71. The highest BCUT2D eigenvalue weighted by Crippen LogP contribution is 2.25. The number of hydrogen-bond acceptors (Lipinski definition) is 4. The lowest BCUT2D eigenvalue weighted by Crippen LogP contribution is -2.38. The molecule has 0 aromatic heterocycles. The van der Waals surface area contributed by atoms with Crippen molar-refractivity contribution in [2.45, 2.75) is 43.5 Å². The molecule has 1 saturated carbocycles. The maximum Gasteiger partial charge on any atom is 0.306 e. The minimum absolute atomic E-state index is 0.118. The number of amides is 1. The number of carboxylic acids is 1. The summed E-state index contributed by atoms with van der Waals surface area (Å²) in [5.74, 6) is -1.43. The monoisotopic (exact) mass is 340 g/mol. The van der Waals surface area contributed by atoms with Gasteiger partial charge in [-0.25, -0.2) is 13.1 Å². The van der Waals surface area contributed by atoms with Gasteiger partial charge in [-0.3, -0.25) is 9.59 Å². The summed E-state index contributed by atoms with van der Waals surface area (Å²) in [6.07, 6.45) is 1.98. The fourth-order valence-electron chi connectivity index (χ4n) is 2.67. The summed E-state index contributed by atoms with van der Waals surface area (Å²) in [7, 11) is -3.65. The number of benzene rings is 1. The third-order valence-electron chi connectivity index (χ3n) is 3.88. The number of aliphatic carboxylic acids is 1. The van der Waals surface area contributed by atoms with Gasteiger partial charge in [0.2, 0.25) is 15.9 Å². The first kappa shape index (κ1) is 17.4.